The second kappa shape index (κ2) is 5.79. The molecule has 0 amide bonds. The largest absolute Gasteiger partial charge is 0.409 e. The van der Waals surface area contributed by atoms with Gasteiger partial charge in [-0.3, -0.25) is 0 Å². The Hall–Kier alpha value is -1.27. The predicted molar refractivity (Wildman–Crippen MR) is 78.7 cm³/mol. The van der Waals surface area contributed by atoms with Crippen LogP contribution in [0.5, 0.6) is 0 Å². The molecule has 1 saturated heterocycles. The van der Waals surface area contributed by atoms with Gasteiger partial charge in [0.2, 0.25) is 0 Å². The van der Waals surface area contributed by atoms with Gasteiger partial charge in [-0.1, -0.05) is 12.1 Å². The summed E-state index contributed by atoms with van der Waals surface area (Å²) in [5, 5.41) is 21.4. The third-order valence-electron chi connectivity index (χ3n) is 3.56. The maximum Gasteiger partial charge on any atom is 0.171 e. The van der Waals surface area contributed by atoms with E-state index in [2.05, 4.69) is 32.9 Å². The van der Waals surface area contributed by atoms with E-state index < -0.39 is 0 Å². The molecule has 0 aliphatic carbocycles. The molecule has 0 bridgehead atoms. The normalized spacial score (nSPS) is 24.6. The first-order valence-electron chi connectivity index (χ1n) is 6.23. The number of hydrogen-bond acceptors (Lipinski definition) is 4. The molecule has 2 rings (SSSR count). The summed E-state index contributed by atoms with van der Waals surface area (Å²) < 4.78 is 0.791. The number of aliphatic hydroxyl groups is 1. The van der Waals surface area contributed by atoms with Gasteiger partial charge in [0.25, 0.3) is 0 Å². The van der Waals surface area contributed by atoms with Crippen LogP contribution in [0.3, 0.4) is 0 Å². The Kier molecular flexibility index (Phi) is 4.31. The molecule has 0 radical (unpaired) electrons. The van der Waals surface area contributed by atoms with Gasteiger partial charge < -0.3 is 20.9 Å². The van der Waals surface area contributed by atoms with E-state index in [1.54, 1.807) is 0 Å². The van der Waals surface area contributed by atoms with Gasteiger partial charge >= 0.3 is 0 Å². The number of oxime groups is 1. The Morgan fingerprint density at radius 1 is 1.53 bits per heavy atom. The Bertz CT molecular complexity index is 493. The zero-order valence-electron chi connectivity index (χ0n) is 10.8. The van der Waals surface area contributed by atoms with Crippen LogP contribution in [-0.4, -0.2) is 35.3 Å². The van der Waals surface area contributed by atoms with Crippen LogP contribution in [0, 0.1) is 5.92 Å². The summed E-state index contributed by atoms with van der Waals surface area (Å²) in [5.41, 5.74) is 7.32. The number of nitrogens with two attached hydrogens (primary N) is 1. The molecule has 0 aromatic heterocycles. The number of hydrogen-bond donors (Lipinski definition) is 3. The fraction of sp³-hybridized carbons (Fsp3) is 0.462. The highest BCUT2D eigenvalue weighted by Gasteiger charge is 2.24. The van der Waals surface area contributed by atoms with Gasteiger partial charge in [0.15, 0.2) is 5.84 Å². The van der Waals surface area contributed by atoms with Crippen molar-refractivity contribution in [1.82, 2.24) is 0 Å². The number of nitrogens with zero attached hydrogens (tertiary/aromatic N) is 2. The molecule has 6 heteroatoms. The Labute approximate surface area is 120 Å². The molecular weight excluding hydrogens is 310 g/mol. The molecule has 104 valence electrons. The van der Waals surface area contributed by atoms with E-state index in [0.717, 1.165) is 29.7 Å². The van der Waals surface area contributed by atoms with Gasteiger partial charge in [0, 0.05) is 28.8 Å². The Morgan fingerprint density at radius 3 is 2.84 bits per heavy atom. The van der Waals surface area contributed by atoms with Crippen LogP contribution in [0.25, 0.3) is 0 Å². The maximum atomic E-state index is 9.75. The zero-order chi connectivity index (χ0) is 14.0. The summed E-state index contributed by atoms with van der Waals surface area (Å²) in [4.78, 5) is 2.23. The molecule has 1 aromatic carbocycles. The molecule has 5 nitrogen and oxygen atoms in total. The summed E-state index contributed by atoms with van der Waals surface area (Å²) in [6.45, 7) is 3.72. The van der Waals surface area contributed by atoms with Gasteiger partial charge in [0.1, 0.15) is 0 Å². The standard InChI is InChI=1S/C13H18BrN3O2/c1-8-7-17(5-4-12(8)18)9-2-3-10(11(14)6-9)13(15)16-19/h2-3,6,8,12,18-19H,4-5,7H2,1H3,(H2,15,16). The third-order valence-corrected chi connectivity index (χ3v) is 4.22. The maximum absolute atomic E-state index is 9.75. The van der Waals surface area contributed by atoms with E-state index in [0.29, 0.717) is 5.56 Å². The first-order chi connectivity index (χ1) is 9.02. The molecule has 19 heavy (non-hydrogen) atoms. The number of anilines is 1. The Morgan fingerprint density at radius 2 is 2.26 bits per heavy atom. The van der Waals surface area contributed by atoms with E-state index >= 15 is 0 Å². The van der Waals surface area contributed by atoms with Gasteiger partial charge in [-0.15, -0.1) is 0 Å². The smallest absolute Gasteiger partial charge is 0.171 e. The first-order valence-corrected chi connectivity index (χ1v) is 7.02. The fourth-order valence-electron chi connectivity index (χ4n) is 2.33. The molecular formula is C13H18BrN3O2. The van der Waals surface area contributed by atoms with Crippen molar-refractivity contribution >= 4 is 27.5 Å². The van der Waals surface area contributed by atoms with Crippen LogP contribution in [0.1, 0.15) is 18.9 Å². The lowest BCUT2D eigenvalue weighted by Gasteiger charge is -2.36. The first kappa shape index (κ1) is 14.1. The summed E-state index contributed by atoms with van der Waals surface area (Å²) in [7, 11) is 0. The lowest BCUT2D eigenvalue weighted by molar-refractivity contribution is 0.0971. The van der Waals surface area contributed by atoms with Crippen molar-refractivity contribution in [2.24, 2.45) is 16.8 Å². The van der Waals surface area contributed by atoms with Crippen LogP contribution in [0.2, 0.25) is 0 Å². The monoisotopic (exact) mass is 327 g/mol. The molecule has 0 spiro atoms. The van der Waals surface area contributed by atoms with E-state index in [4.69, 9.17) is 10.9 Å². The molecule has 1 aliphatic heterocycles. The van der Waals surface area contributed by atoms with Crippen molar-refractivity contribution < 1.29 is 10.3 Å². The molecule has 0 saturated carbocycles. The molecule has 2 unspecified atom stereocenters. The highest BCUT2D eigenvalue weighted by Crippen LogP contribution is 2.27. The topological polar surface area (TPSA) is 82.1 Å². The predicted octanol–water partition coefficient (Wildman–Crippen LogP) is 1.75. The van der Waals surface area contributed by atoms with Crippen LogP contribution < -0.4 is 10.6 Å². The number of piperidine rings is 1. The van der Waals surface area contributed by atoms with Crippen LogP contribution in [0.4, 0.5) is 5.69 Å². The summed E-state index contributed by atoms with van der Waals surface area (Å²) >= 11 is 3.43. The summed E-state index contributed by atoms with van der Waals surface area (Å²) in [5.74, 6) is 0.345. The van der Waals surface area contributed by atoms with E-state index in [-0.39, 0.29) is 17.9 Å². The number of halogens is 1. The summed E-state index contributed by atoms with van der Waals surface area (Å²) in [6, 6.07) is 5.73. The second-order valence-corrected chi connectivity index (χ2v) is 5.78. The van der Waals surface area contributed by atoms with Gasteiger partial charge in [0.05, 0.1) is 6.10 Å². The van der Waals surface area contributed by atoms with Gasteiger partial charge in [-0.05, 0) is 46.5 Å². The molecule has 1 aromatic rings. The molecule has 2 atom stereocenters. The minimum absolute atomic E-state index is 0.0841. The molecule has 4 N–H and O–H groups in total. The highest BCUT2D eigenvalue weighted by molar-refractivity contribution is 9.10. The van der Waals surface area contributed by atoms with Crippen molar-refractivity contribution in [3.63, 3.8) is 0 Å². The number of amidine groups is 1. The second-order valence-electron chi connectivity index (χ2n) is 4.93. The van der Waals surface area contributed by atoms with Crippen LogP contribution in [0.15, 0.2) is 27.8 Å². The quantitative estimate of drug-likeness (QED) is 0.334. The van der Waals surface area contributed by atoms with Gasteiger partial charge in [-0.25, -0.2) is 0 Å². The minimum Gasteiger partial charge on any atom is -0.409 e. The van der Waals surface area contributed by atoms with Crippen molar-refractivity contribution in [2.75, 3.05) is 18.0 Å². The van der Waals surface area contributed by atoms with E-state index in [9.17, 15) is 5.11 Å². The highest BCUT2D eigenvalue weighted by atomic mass is 79.9. The van der Waals surface area contributed by atoms with Gasteiger partial charge in [-0.2, -0.15) is 0 Å². The minimum atomic E-state index is -0.212. The van der Waals surface area contributed by atoms with E-state index in [1.807, 2.05) is 18.2 Å². The average molecular weight is 328 g/mol. The van der Waals surface area contributed by atoms with Crippen LogP contribution in [-0.2, 0) is 0 Å². The van der Waals surface area contributed by atoms with E-state index in [1.165, 1.54) is 0 Å². The third kappa shape index (κ3) is 3.01. The lowest BCUT2D eigenvalue weighted by atomic mass is 9.96. The number of aliphatic hydroxyl groups excluding tert-OH is 1. The van der Waals surface area contributed by atoms with Crippen molar-refractivity contribution in [3.8, 4) is 0 Å². The van der Waals surface area contributed by atoms with Crippen molar-refractivity contribution in [2.45, 2.75) is 19.4 Å². The molecule has 1 heterocycles. The summed E-state index contributed by atoms with van der Waals surface area (Å²) in [6.07, 6.45) is 0.567. The molecule has 1 aliphatic rings. The van der Waals surface area contributed by atoms with Crippen LogP contribution >= 0.6 is 15.9 Å². The number of rotatable bonds is 2. The molecule has 1 fully saturated rings. The zero-order valence-corrected chi connectivity index (χ0v) is 12.3. The fourth-order valence-corrected chi connectivity index (χ4v) is 2.90. The van der Waals surface area contributed by atoms with Crippen molar-refractivity contribution in [3.05, 3.63) is 28.2 Å². The average Bonchev–Trinajstić information content (AvgIpc) is 2.41. The lowest BCUT2D eigenvalue weighted by Crippen LogP contribution is -2.42. The van der Waals surface area contributed by atoms with Crippen molar-refractivity contribution in [1.29, 1.82) is 0 Å². The number of benzene rings is 1. The Balaban J connectivity index is 2.21. The SMILES string of the molecule is CC1CN(c2ccc(/C(N)=N/O)c(Br)c2)CCC1O.